The summed E-state index contributed by atoms with van der Waals surface area (Å²) in [4.78, 5) is 0.757. The van der Waals surface area contributed by atoms with Crippen LogP contribution in [0.1, 0.15) is 25.3 Å². The summed E-state index contributed by atoms with van der Waals surface area (Å²) in [6, 6.07) is -0.197. The summed E-state index contributed by atoms with van der Waals surface area (Å²) in [5, 5.41) is 11.4. The third kappa shape index (κ3) is 1.64. The predicted molar refractivity (Wildman–Crippen MR) is 50.4 cm³/mol. The zero-order valence-corrected chi connectivity index (χ0v) is 8.36. The Hall–Kier alpha value is -1.34. The Morgan fingerprint density at radius 2 is 2.43 bits per heavy atom. The van der Waals surface area contributed by atoms with Gasteiger partial charge in [0.25, 0.3) is 5.89 Å². The summed E-state index contributed by atoms with van der Waals surface area (Å²) >= 11 is 1.21. The van der Waals surface area contributed by atoms with E-state index in [-0.39, 0.29) is 6.04 Å². The molecule has 0 spiro atoms. The Bertz CT molecular complexity index is 398. The molecule has 0 radical (unpaired) electrons. The maximum atomic E-state index is 5.74. The van der Waals surface area contributed by atoms with Crippen molar-refractivity contribution >= 4 is 11.5 Å². The average Bonchev–Trinajstić information content (AvgIpc) is 2.86. The summed E-state index contributed by atoms with van der Waals surface area (Å²) < 4.78 is 9.07. The van der Waals surface area contributed by atoms with E-state index < -0.39 is 0 Å². The minimum atomic E-state index is -0.197. The van der Waals surface area contributed by atoms with Gasteiger partial charge in [0.2, 0.25) is 5.89 Å². The lowest BCUT2D eigenvalue weighted by Crippen LogP contribution is -2.08. The van der Waals surface area contributed by atoms with E-state index in [9.17, 15) is 0 Å². The first-order valence-corrected chi connectivity index (χ1v) is 4.95. The van der Waals surface area contributed by atoms with E-state index in [0.29, 0.717) is 11.8 Å². The fourth-order valence-electron chi connectivity index (χ4n) is 0.920. The molecule has 0 saturated heterocycles. The monoisotopic (exact) mass is 211 g/mol. The van der Waals surface area contributed by atoms with E-state index in [4.69, 9.17) is 10.2 Å². The van der Waals surface area contributed by atoms with Crippen LogP contribution in [-0.2, 0) is 0 Å². The van der Waals surface area contributed by atoms with Crippen molar-refractivity contribution in [3.05, 3.63) is 12.1 Å². The molecule has 0 saturated carbocycles. The molecule has 2 rings (SSSR count). The summed E-state index contributed by atoms with van der Waals surface area (Å²) in [7, 11) is 0. The van der Waals surface area contributed by atoms with Crippen LogP contribution in [0.2, 0.25) is 0 Å². The molecule has 0 aliphatic heterocycles. The normalized spacial score (nSPS) is 13.0. The topological polar surface area (TPSA) is 90.7 Å². The van der Waals surface area contributed by atoms with Gasteiger partial charge in [-0.15, -0.1) is 15.3 Å². The summed E-state index contributed by atoms with van der Waals surface area (Å²) in [6.45, 7) is 1.96. The van der Waals surface area contributed by atoms with Crippen molar-refractivity contribution < 1.29 is 4.42 Å². The Balaban J connectivity index is 2.26. The SMILES string of the molecule is CCC(N)c1nnc(-c2cnns2)o1. The van der Waals surface area contributed by atoms with Crippen molar-refractivity contribution in [3.63, 3.8) is 0 Å². The average molecular weight is 211 g/mol. The number of rotatable bonds is 3. The standard InChI is InChI=1S/C7H9N5OS/c1-2-4(8)6-10-11-7(13-6)5-3-9-12-14-5/h3-4H,2,8H2,1H3. The number of aromatic nitrogens is 4. The van der Waals surface area contributed by atoms with Gasteiger partial charge in [-0.3, -0.25) is 0 Å². The lowest BCUT2D eigenvalue weighted by atomic mass is 10.2. The smallest absolute Gasteiger partial charge is 0.261 e. The van der Waals surface area contributed by atoms with Crippen molar-refractivity contribution in [1.29, 1.82) is 0 Å². The van der Waals surface area contributed by atoms with Crippen molar-refractivity contribution in [3.8, 4) is 10.8 Å². The highest BCUT2D eigenvalue weighted by Crippen LogP contribution is 2.22. The number of nitrogens with two attached hydrogens (primary N) is 1. The van der Waals surface area contributed by atoms with Gasteiger partial charge in [0.05, 0.1) is 12.2 Å². The highest BCUT2D eigenvalue weighted by atomic mass is 32.1. The molecule has 0 bridgehead atoms. The summed E-state index contributed by atoms with van der Waals surface area (Å²) in [6.07, 6.45) is 2.35. The first kappa shape index (κ1) is 9.22. The van der Waals surface area contributed by atoms with E-state index in [1.54, 1.807) is 6.20 Å². The third-order valence-electron chi connectivity index (χ3n) is 1.77. The largest absolute Gasteiger partial charge is 0.418 e. The zero-order chi connectivity index (χ0) is 9.97. The van der Waals surface area contributed by atoms with Gasteiger partial charge in [-0.2, -0.15) is 0 Å². The van der Waals surface area contributed by atoms with E-state index in [1.165, 1.54) is 11.5 Å². The highest BCUT2D eigenvalue weighted by molar-refractivity contribution is 7.09. The lowest BCUT2D eigenvalue weighted by Gasteiger charge is -1.99. The van der Waals surface area contributed by atoms with Crippen LogP contribution in [0.15, 0.2) is 10.6 Å². The quantitative estimate of drug-likeness (QED) is 0.814. The minimum absolute atomic E-state index is 0.197. The number of hydrogen-bond acceptors (Lipinski definition) is 7. The molecule has 0 aromatic carbocycles. The molecule has 74 valence electrons. The van der Waals surface area contributed by atoms with E-state index in [2.05, 4.69) is 19.8 Å². The van der Waals surface area contributed by atoms with Gasteiger partial charge in [0.15, 0.2) is 0 Å². The van der Waals surface area contributed by atoms with Gasteiger partial charge in [-0.25, -0.2) is 0 Å². The molecule has 2 N–H and O–H groups in total. The first-order chi connectivity index (χ1) is 6.81. The van der Waals surface area contributed by atoms with Gasteiger partial charge in [-0.05, 0) is 18.0 Å². The first-order valence-electron chi connectivity index (χ1n) is 4.18. The molecule has 2 aromatic rings. The molecular weight excluding hydrogens is 202 g/mol. The lowest BCUT2D eigenvalue weighted by molar-refractivity contribution is 0.453. The molecule has 7 heteroatoms. The molecule has 6 nitrogen and oxygen atoms in total. The van der Waals surface area contributed by atoms with Crippen LogP contribution >= 0.6 is 11.5 Å². The maximum absolute atomic E-state index is 5.74. The van der Waals surface area contributed by atoms with Gasteiger partial charge in [-0.1, -0.05) is 11.4 Å². The second kappa shape index (κ2) is 3.81. The Morgan fingerprint density at radius 3 is 3.07 bits per heavy atom. The highest BCUT2D eigenvalue weighted by Gasteiger charge is 2.14. The van der Waals surface area contributed by atoms with E-state index in [0.717, 1.165) is 11.3 Å². The summed E-state index contributed by atoms with van der Waals surface area (Å²) in [5.74, 6) is 0.884. The van der Waals surface area contributed by atoms with Crippen LogP contribution in [0.3, 0.4) is 0 Å². The van der Waals surface area contributed by atoms with Crippen molar-refractivity contribution in [1.82, 2.24) is 19.8 Å². The second-order valence-corrected chi connectivity index (χ2v) is 3.53. The van der Waals surface area contributed by atoms with Crippen LogP contribution in [0.25, 0.3) is 10.8 Å². The van der Waals surface area contributed by atoms with Gasteiger partial charge in [0, 0.05) is 0 Å². The maximum Gasteiger partial charge on any atom is 0.261 e. The molecule has 0 aliphatic rings. The molecule has 0 aliphatic carbocycles. The molecule has 1 unspecified atom stereocenters. The third-order valence-corrected chi connectivity index (χ3v) is 2.42. The fraction of sp³-hybridized carbons (Fsp3) is 0.429. The van der Waals surface area contributed by atoms with Crippen LogP contribution in [0.4, 0.5) is 0 Å². The second-order valence-electron chi connectivity index (χ2n) is 2.74. The fourth-order valence-corrected chi connectivity index (χ4v) is 1.36. The van der Waals surface area contributed by atoms with E-state index >= 15 is 0 Å². The number of nitrogens with zero attached hydrogens (tertiary/aromatic N) is 4. The van der Waals surface area contributed by atoms with Gasteiger partial charge in [0.1, 0.15) is 4.88 Å². The number of hydrogen-bond donors (Lipinski definition) is 1. The van der Waals surface area contributed by atoms with Crippen LogP contribution in [0.5, 0.6) is 0 Å². The molecule has 0 fully saturated rings. The Kier molecular flexibility index (Phi) is 2.51. The van der Waals surface area contributed by atoms with Crippen LogP contribution in [-0.4, -0.2) is 19.8 Å². The predicted octanol–water partition coefficient (Wildman–Crippen LogP) is 0.998. The molecular formula is C7H9N5OS. The van der Waals surface area contributed by atoms with Crippen molar-refractivity contribution in [2.45, 2.75) is 19.4 Å². The van der Waals surface area contributed by atoms with Gasteiger partial charge < -0.3 is 10.2 Å². The molecule has 0 amide bonds. The molecule has 2 aromatic heterocycles. The van der Waals surface area contributed by atoms with Crippen LogP contribution < -0.4 is 5.73 Å². The molecule has 2 heterocycles. The zero-order valence-electron chi connectivity index (χ0n) is 7.54. The Morgan fingerprint density at radius 1 is 1.57 bits per heavy atom. The van der Waals surface area contributed by atoms with Crippen LogP contribution in [0, 0.1) is 0 Å². The van der Waals surface area contributed by atoms with Gasteiger partial charge >= 0.3 is 0 Å². The van der Waals surface area contributed by atoms with Crippen molar-refractivity contribution in [2.24, 2.45) is 5.73 Å². The Labute approximate surface area is 84.3 Å². The summed E-state index contributed by atoms with van der Waals surface area (Å²) in [5.41, 5.74) is 5.74. The molecule has 14 heavy (non-hydrogen) atoms. The van der Waals surface area contributed by atoms with E-state index in [1.807, 2.05) is 6.92 Å². The van der Waals surface area contributed by atoms with Crippen molar-refractivity contribution in [2.75, 3.05) is 0 Å². The minimum Gasteiger partial charge on any atom is -0.418 e. The molecule has 1 atom stereocenters.